The van der Waals surface area contributed by atoms with Crippen LogP contribution in [0.4, 0.5) is 0 Å². The second-order valence-electron chi connectivity index (χ2n) is 2.15. The molecule has 1 heterocycles. The average Bonchev–Trinajstić information content (AvgIpc) is 2.17. The molecule has 0 aromatic heterocycles. The molecule has 0 atom stereocenters. The fraction of sp³-hybridized carbons (Fsp3) is 0.167. The van der Waals surface area contributed by atoms with Crippen LogP contribution in [-0.4, -0.2) is 34.7 Å². The third kappa shape index (κ3) is 1.60. The van der Waals surface area contributed by atoms with Crippen LogP contribution in [0.2, 0.25) is 0 Å². The Morgan fingerprint density at radius 2 is 2.33 bits per heavy atom. The Balaban J connectivity index is 2.92. The zero-order chi connectivity index (χ0) is 8.97. The number of amidine groups is 1. The smallest absolute Gasteiger partial charge is 0.171 e. The summed E-state index contributed by atoms with van der Waals surface area (Å²) in [7, 11) is 0. The van der Waals surface area contributed by atoms with Crippen LogP contribution in [0.15, 0.2) is 27.0 Å². The van der Waals surface area contributed by atoms with Crippen molar-refractivity contribution in [1.82, 2.24) is 0 Å². The third-order valence-corrected chi connectivity index (χ3v) is 1.34. The molecule has 0 radical (unpaired) electrons. The molecule has 1 rings (SSSR count). The van der Waals surface area contributed by atoms with Crippen LogP contribution in [0, 0.1) is 0 Å². The van der Waals surface area contributed by atoms with Gasteiger partial charge in [-0.15, -0.1) is 0 Å². The second kappa shape index (κ2) is 3.51. The second-order valence-corrected chi connectivity index (χ2v) is 2.15. The Morgan fingerprint density at radius 1 is 1.58 bits per heavy atom. The van der Waals surface area contributed by atoms with Crippen LogP contribution in [0.25, 0.3) is 0 Å². The first-order valence-electron chi connectivity index (χ1n) is 3.18. The lowest BCUT2D eigenvalue weighted by Gasteiger charge is -2.04. The lowest BCUT2D eigenvalue weighted by atomic mass is 10.1. The van der Waals surface area contributed by atoms with Gasteiger partial charge < -0.3 is 16.1 Å². The van der Waals surface area contributed by atoms with E-state index < -0.39 is 0 Å². The van der Waals surface area contributed by atoms with Crippen molar-refractivity contribution in [2.45, 2.75) is 0 Å². The maximum absolute atomic E-state index is 8.39. The van der Waals surface area contributed by atoms with Crippen molar-refractivity contribution < 1.29 is 10.4 Å². The van der Waals surface area contributed by atoms with E-state index >= 15 is 0 Å². The Hall–Kier alpha value is -1.85. The molecule has 6 heteroatoms. The van der Waals surface area contributed by atoms with Gasteiger partial charge in [0.1, 0.15) is 5.71 Å². The number of oxime groups is 2. The van der Waals surface area contributed by atoms with Gasteiger partial charge >= 0.3 is 0 Å². The van der Waals surface area contributed by atoms with Gasteiger partial charge in [-0.2, -0.15) is 0 Å². The summed E-state index contributed by atoms with van der Waals surface area (Å²) >= 11 is 0. The molecule has 0 unspecified atom stereocenters. The highest BCUT2D eigenvalue weighted by molar-refractivity contribution is 6.20. The largest absolute Gasteiger partial charge is 0.411 e. The number of hydrogen-bond donors (Lipinski definition) is 3. The number of hydrogen-bond acceptors (Lipinski definition) is 5. The minimum Gasteiger partial charge on any atom is -0.411 e. The molecule has 0 saturated carbocycles. The molecular weight excluding hydrogens is 160 g/mol. The fourth-order valence-electron chi connectivity index (χ4n) is 0.758. The predicted octanol–water partition coefficient (Wildman–Crippen LogP) is -0.426. The van der Waals surface area contributed by atoms with Crippen molar-refractivity contribution in [3.05, 3.63) is 11.6 Å². The summed E-state index contributed by atoms with van der Waals surface area (Å²) in [5.74, 6) is -0.0559. The molecule has 12 heavy (non-hydrogen) atoms. The number of dihydropyridines is 1. The Bertz CT molecular complexity index is 284. The van der Waals surface area contributed by atoms with Crippen LogP contribution in [-0.2, 0) is 0 Å². The minimum absolute atomic E-state index is 0.0559. The maximum Gasteiger partial charge on any atom is 0.171 e. The van der Waals surface area contributed by atoms with Gasteiger partial charge in [-0.3, -0.25) is 4.99 Å². The van der Waals surface area contributed by atoms with Crippen LogP contribution in [0.3, 0.4) is 0 Å². The Morgan fingerprint density at radius 3 is 2.92 bits per heavy atom. The molecule has 4 N–H and O–H groups in total. The molecular formula is C6H8N4O2. The quantitative estimate of drug-likeness (QED) is 0.214. The molecule has 0 saturated heterocycles. The first-order valence-corrected chi connectivity index (χ1v) is 3.18. The van der Waals surface area contributed by atoms with Crippen molar-refractivity contribution in [2.75, 3.05) is 6.54 Å². The van der Waals surface area contributed by atoms with E-state index in [1.807, 2.05) is 0 Å². The monoisotopic (exact) mass is 168 g/mol. The highest BCUT2D eigenvalue weighted by atomic mass is 16.4. The summed E-state index contributed by atoms with van der Waals surface area (Å²) in [6.45, 7) is 0.304. The van der Waals surface area contributed by atoms with E-state index in [0.717, 1.165) is 0 Å². The van der Waals surface area contributed by atoms with Crippen molar-refractivity contribution in [3.8, 4) is 0 Å². The molecule has 0 bridgehead atoms. The molecule has 0 aliphatic carbocycles. The number of nitrogens with zero attached hydrogens (tertiary/aromatic N) is 3. The van der Waals surface area contributed by atoms with Gasteiger partial charge in [-0.1, -0.05) is 10.3 Å². The molecule has 0 aromatic carbocycles. The van der Waals surface area contributed by atoms with Gasteiger partial charge in [0.15, 0.2) is 5.84 Å². The summed E-state index contributed by atoms with van der Waals surface area (Å²) in [5, 5.41) is 22.4. The van der Waals surface area contributed by atoms with E-state index in [-0.39, 0.29) is 5.84 Å². The zero-order valence-corrected chi connectivity index (χ0v) is 6.18. The van der Waals surface area contributed by atoms with Gasteiger partial charge in [0.05, 0.1) is 6.54 Å². The van der Waals surface area contributed by atoms with Crippen molar-refractivity contribution in [3.63, 3.8) is 0 Å². The number of nitrogens with two attached hydrogens (primary N) is 1. The fourth-order valence-corrected chi connectivity index (χ4v) is 0.758. The van der Waals surface area contributed by atoms with Crippen molar-refractivity contribution >= 4 is 17.8 Å². The molecule has 1 aliphatic rings. The molecule has 0 aromatic rings. The van der Waals surface area contributed by atoms with Crippen LogP contribution < -0.4 is 5.73 Å². The first-order chi connectivity index (χ1) is 5.77. The summed E-state index contributed by atoms with van der Waals surface area (Å²) < 4.78 is 0. The van der Waals surface area contributed by atoms with Crippen molar-refractivity contribution in [2.24, 2.45) is 21.0 Å². The summed E-state index contributed by atoms with van der Waals surface area (Å²) in [6.07, 6.45) is 2.94. The van der Waals surface area contributed by atoms with E-state index in [9.17, 15) is 0 Å². The van der Waals surface area contributed by atoms with Crippen LogP contribution >= 0.6 is 0 Å². The molecule has 0 fully saturated rings. The Labute approximate surface area is 68.4 Å². The SMILES string of the molecule is NC(=NO)C1=CC(=NO)CN=C1. The highest BCUT2D eigenvalue weighted by Gasteiger charge is 2.07. The lowest BCUT2D eigenvalue weighted by Crippen LogP contribution is -2.20. The van der Waals surface area contributed by atoms with Crippen LogP contribution in [0.5, 0.6) is 0 Å². The van der Waals surface area contributed by atoms with Gasteiger partial charge in [0.2, 0.25) is 0 Å². The van der Waals surface area contributed by atoms with Crippen LogP contribution in [0.1, 0.15) is 0 Å². The molecule has 1 aliphatic heterocycles. The van der Waals surface area contributed by atoms with Crippen molar-refractivity contribution in [1.29, 1.82) is 0 Å². The molecule has 0 amide bonds. The normalized spacial score (nSPS) is 21.2. The maximum atomic E-state index is 8.39. The predicted molar refractivity (Wildman–Crippen MR) is 44.1 cm³/mol. The zero-order valence-electron chi connectivity index (χ0n) is 6.18. The van der Waals surface area contributed by atoms with E-state index in [1.54, 1.807) is 0 Å². The average molecular weight is 168 g/mol. The molecule has 6 nitrogen and oxygen atoms in total. The topological polar surface area (TPSA) is 104 Å². The van der Waals surface area contributed by atoms with Gasteiger partial charge in [-0.05, 0) is 6.08 Å². The van der Waals surface area contributed by atoms with Gasteiger partial charge in [-0.25, -0.2) is 0 Å². The number of aliphatic imine (C=N–C) groups is 1. The van der Waals surface area contributed by atoms with Gasteiger partial charge in [0, 0.05) is 11.8 Å². The van der Waals surface area contributed by atoms with E-state index in [2.05, 4.69) is 15.3 Å². The number of rotatable bonds is 1. The van der Waals surface area contributed by atoms with Gasteiger partial charge in [0.25, 0.3) is 0 Å². The van der Waals surface area contributed by atoms with E-state index in [0.29, 0.717) is 17.8 Å². The van der Waals surface area contributed by atoms with E-state index in [4.69, 9.17) is 16.1 Å². The summed E-state index contributed by atoms with van der Waals surface area (Å²) in [6, 6.07) is 0. The minimum atomic E-state index is -0.0559. The third-order valence-electron chi connectivity index (χ3n) is 1.34. The summed E-state index contributed by atoms with van der Waals surface area (Å²) in [5.41, 5.74) is 6.07. The van der Waals surface area contributed by atoms with E-state index in [1.165, 1.54) is 12.3 Å². The molecule has 0 spiro atoms. The Kier molecular flexibility index (Phi) is 2.42. The lowest BCUT2D eigenvalue weighted by molar-refractivity contribution is 0.318. The highest BCUT2D eigenvalue weighted by Crippen LogP contribution is 1.99. The summed E-state index contributed by atoms with van der Waals surface area (Å²) in [4.78, 5) is 3.82. The molecule has 64 valence electrons. The first kappa shape index (κ1) is 8.25. The standard InChI is InChI=1S/C6H8N4O2/c7-6(10-12)4-1-5(9-11)3-8-2-4/h1-2,11-12H,3H2,(H2,7,10).